The van der Waals surface area contributed by atoms with Gasteiger partial charge in [-0.05, 0) is 38.0 Å². The summed E-state index contributed by atoms with van der Waals surface area (Å²) in [6.07, 6.45) is 0.770. The van der Waals surface area contributed by atoms with Crippen molar-refractivity contribution >= 4 is 6.03 Å². The molecule has 4 heteroatoms. The summed E-state index contributed by atoms with van der Waals surface area (Å²) in [7, 11) is 0. The number of hydrogen-bond donors (Lipinski definition) is 2. The van der Waals surface area contributed by atoms with Crippen LogP contribution in [0, 0.1) is 13.8 Å². The molecule has 23 heavy (non-hydrogen) atoms. The number of aryl methyl sites for hydroxylation is 2. The molecule has 0 spiro atoms. The van der Waals surface area contributed by atoms with Gasteiger partial charge in [-0.1, -0.05) is 47.5 Å². The molecule has 0 aliphatic carbocycles. The van der Waals surface area contributed by atoms with Crippen LogP contribution in [0.15, 0.2) is 48.5 Å². The Labute approximate surface area is 137 Å². The molecule has 0 heterocycles. The van der Waals surface area contributed by atoms with E-state index in [1.165, 1.54) is 11.1 Å². The maximum absolute atomic E-state index is 11.7. The van der Waals surface area contributed by atoms with Crippen LogP contribution < -0.4 is 15.4 Å². The maximum Gasteiger partial charge on any atom is 0.315 e. The summed E-state index contributed by atoms with van der Waals surface area (Å²) in [5.74, 6) is 0.861. The van der Waals surface area contributed by atoms with Crippen LogP contribution in [-0.4, -0.2) is 19.2 Å². The number of hydrogen-bond acceptors (Lipinski definition) is 2. The molecule has 2 aromatic rings. The summed E-state index contributed by atoms with van der Waals surface area (Å²) in [5.41, 5.74) is 3.50. The lowest BCUT2D eigenvalue weighted by molar-refractivity contribution is 0.238. The van der Waals surface area contributed by atoms with Crippen molar-refractivity contribution in [2.24, 2.45) is 0 Å². The highest BCUT2D eigenvalue weighted by Crippen LogP contribution is 2.11. The summed E-state index contributed by atoms with van der Waals surface area (Å²) >= 11 is 0. The Balaban J connectivity index is 1.57. The van der Waals surface area contributed by atoms with Crippen LogP contribution >= 0.6 is 0 Å². The van der Waals surface area contributed by atoms with Gasteiger partial charge in [0, 0.05) is 13.1 Å². The van der Waals surface area contributed by atoms with Crippen molar-refractivity contribution in [2.45, 2.75) is 26.8 Å². The van der Waals surface area contributed by atoms with E-state index in [-0.39, 0.29) is 6.03 Å². The van der Waals surface area contributed by atoms with Crippen LogP contribution in [0.2, 0.25) is 0 Å². The molecule has 0 bridgehead atoms. The highest BCUT2D eigenvalue weighted by molar-refractivity contribution is 5.73. The molecule has 0 atom stereocenters. The Morgan fingerprint density at radius 2 is 1.78 bits per heavy atom. The lowest BCUT2D eigenvalue weighted by Crippen LogP contribution is -2.36. The van der Waals surface area contributed by atoms with Gasteiger partial charge in [0.05, 0.1) is 6.61 Å². The van der Waals surface area contributed by atoms with Gasteiger partial charge in [-0.15, -0.1) is 0 Å². The predicted octanol–water partition coefficient (Wildman–Crippen LogP) is 3.57. The smallest absolute Gasteiger partial charge is 0.315 e. The molecular weight excluding hydrogens is 288 g/mol. The van der Waals surface area contributed by atoms with Gasteiger partial charge in [0.15, 0.2) is 0 Å². The maximum atomic E-state index is 11.7. The zero-order valence-corrected chi connectivity index (χ0v) is 13.8. The summed E-state index contributed by atoms with van der Waals surface area (Å²) in [6.45, 7) is 5.79. The molecule has 2 rings (SSSR count). The molecular formula is C19H24N2O2. The second-order valence-corrected chi connectivity index (χ2v) is 5.61. The van der Waals surface area contributed by atoms with Gasteiger partial charge < -0.3 is 15.4 Å². The summed E-state index contributed by atoms with van der Waals surface area (Å²) in [4.78, 5) is 11.7. The number of carbonyl (C=O) groups is 1. The Hall–Kier alpha value is -2.49. The first-order valence-corrected chi connectivity index (χ1v) is 7.90. The van der Waals surface area contributed by atoms with Crippen molar-refractivity contribution in [1.82, 2.24) is 10.6 Å². The van der Waals surface area contributed by atoms with Gasteiger partial charge in [0.25, 0.3) is 0 Å². The molecule has 0 radical (unpaired) electrons. The van der Waals surface area contributed by atoms with Crippen molar-refractivity contribution < 1.29 is 9.53 Å². The first kappa shape index (κ1) is 16.9. The molecule has 4 nitrogen and oxygen atoms in total. The number of ether oxygens (including phenoxy) is 1. The second kappa shape index (κ2) is 8.83. The van der Waals surface area contributed by atoms with Gasteiger partial charge in [-0.3, -0.25) is 0 Å². The minimum Gasteiger partial charge on any atom is -0.494 e. The number of benzene rings is 2. The first-order chi connectivity index (χ1) is 11.1. The molecule has 0 unspecified atom stereocenters. The summed E-state index contributed by atoms with van der Waals surface area (Å²) in [6, 6.07) is 15.9. The summed E-state index contributed by atoms with van der Waals surface area (Å²) in [5, 5.41) is 5.68. The van der Waals surface area contributed by atoms with Gasteiger partial charge in [0.1, 0.15) is 5.75 Å². The molecule has 2 amide bonds. The van der Waals surface area contributed by atoms with Crippen LogP contribution in [-0.2, 0) is 6.54 Å². The van der Waals surface area contributed by atoms with Crippen LogP contribution in [0.1, 0.15) is 23.1 Å². The van der Waals surface area contributed by atoms with Crippen molar-refractivity contribution in [2.75, 3.05) is 13.2 Å². The number of nitrogens with one attached hydrogen (secondary N) is 2. The number of amides is 2. The fraction of sp³-hybridized carbons (Fsp3) is 0.316. The second-order valence-electron chi connectivity index (χ2n) is 5.61. The van der Waals surface area contributed by atoms with Crippen LogP contribution in [0.3, 0.4) is 0 Å². The molecule has 0 aliphatic heterocycles. The lowest BCUT2D eigenvalue weighted by atomic mass is 10.1. The fourth-order valence-electron chi connectivity index (χ4n) is 2.17. The van der Waals surface area contributed by atoms with Crippen LogP contribution in [0.5, 0.6) is 5.75 Å². The molecule has 122 valence electrons. The van der Waals surface area contributed by atoms with E-state index in [1.807, 2.05) is 56.3 Å². The average Bonchev–Trinajstić information content (AvgIpc) is 2.54. The minimum absolute atomic E-state index is 0.151. The third-order valence-corrected chi connectivity index (χ3v) is 3.43. The molecule has 0 aliphatic rings. The van der Waals surface area contributed by atoms with Crippen molar-refractivity contribution in [3.63, 3.8) is 0 Å². The molecule has 0 aromatic heterocycles. The molecule has 0 fully saturated rings. The SMILES string of the molecule is Cc1ccc(OCCCNC(=O)NCc2cccc(C)c2)cc1. The van der Waals surface area contributed by atoms with Gasteiger partial charge in [0.2, 0.25) is 0 Å². The Bertz CT molecular complexity index is 624. The minimum atomic E-state index is -0.151. The highest BCUT2D eigenvalue weighted by Gasteiger charge is 2.00. The third kappa shape index (κ3) is 6.43. The standard InChI is InChI=1S/C19H24N2O2/c1-15-7-9-18(10-8-15)23-12-4-11-20-19(22)21-14-17-6-3-5-16(2)13-17/h3,5-10,13H,4,11-12,14H2,1-2H3,(H2,20,21,22). The van der Waals surface area contributed by atoms with Gasteiger partial charge >= 0.3 is 6.03 Å². The normalized spacial score (nSPS) is 10.2. The molecule has 2 N–H and O–H groups in total. The topological polar surface area (TPSA) is 50.4 Å². The largest absolute Gasteiger partial charge is 0.494 e. The van der Waals surface area contributed by atoms with E-state index in [4.69, 9.17) is 4.74 Å². The highest BCUT2D eigenvalue weighted by atomic mass is 16.5. The number of rotatable bonds is 7. The molecule has 0 saturated carbocycles. The lowest BCUT2D eigenvalue weighted by Gasteiger charge is -2.09. The third-order valence-electron chi connectivity index (χ3n) is 3.43. The number of carbonyl (C=O) groups excluding carboxylic acids is 1. The van der Waals surface area contributed by atoms with E-state index in [9.17, 15) is 4.79 Å². The monoisotopic (exact) mass is 312 g/mol. The van der Waals surface area contributed by atoms with E-state index in [2.05, 4.69) is 16.7 Å². The molecule has 0 saturated heterocycles. The zero-order chi connectivity index (χ0) is 16.5. The number of urea groups is 1. The van der Waals surface area contributed by atoms with E-state index in [0.29, 0.717) is 19.7 Å². The zero-order valence-electron chi connectivity index (χ0n) is 13.8. The van der Waals surface area contributed by atoms with Crippen molar-refractivity contribution in [1.29, 1.82) is 0 Å². The summed E-state index contributed by atoms with van der Waals surface area (Å²) < 4.78 is 5.61. The quantitative estimate of drug-likeness (QED) is 0.768. The van der Waals surface area contributed by atoms with E-state index >= 15 is 0 Å². The first-order valence-electron chi connectivity index (χ1n) is 7.90. The van der Waals surface area contributed by atoms with Gasteiger partial charge in [-0.25, -0.2) is 4.79 Å². The fourth-order valence-corrected chi connectivity index (χ4v) is 2.17. The van der Waals surface area contributed by atoms with Crippen LogP contribution in [0.4, 0.5) is 4.79 Å². The molecule has 2 aromatic carbocycles. The van der Waals surface area contributed by atoms with E-state index < -0.39 is 0 Å². The van der Waals surface area contributed by atoms with Gasteiger partial charge in [-0.2, -0.15) is 0 Å². The van der Waals surface area contributed by atoms with E-state index in [1.54, 1.807) is 0 Å². The Kier molecular flexibility index (Phi) is 6.48. The Morgan fingerprint density at radius 1 is 1.00 bits per heavy atom. The van der Waals surface area contributed by atoms with Crippen LogP contribution in [0.25, 0.3) is 0 Å². The van der Waals surface area contributed by atoms with Crippen molar-refractivity contribution in [3.05, 3.63) is 65.2 Å². The average molecular weight is 312 g/mol. The predicted molar refractivity (Wildman–Crippen MR) is 92.7 cm³/mol. The Morgan fingerprint density at radius 3 is 2.52 bits per heavy atom. The van der Waals surface area contributed by atoms with E-state index in [0.717, 1.165) is 17.7 Å². The van der Waals surface area contributed by atoms with Crippen molar-refractivity contribution in [3.8, 4) is 5.75 Å².